The van der Waals surface area contributed by atoms with Crippen molar-refractivity contribution in [1.29, 1.82) is 0 Å². The summed E-state index contributed by atoms with van der Waals surface area (Å²) in [5.74, 6) is -0.353. The number of carboxylic acid groups (broad SMARTS) is 1. The Balaban J connectivity index is 2.58. The molecule has 0 bridgehead atoms. The van der Waals surface area contributed by atoms with Crippen LogP contribution in [0.4, 0.5) is 0 Å². The molecule has 0 saturated heterocycles. The number of amides is 1. The molecule has 1 aromatic rings. The van der Waals surface area contributed by atoms with Crippen molar-refractivity contribution in [2.45, 2.75) is 25.7 Å². The second-order valence-corrected chi connectivity index (χ2v) is 4.75. The van der Waals surface area contributed by atoms with Crippen molar-refractivity contribution < 1.29 is 19.4 Å². The minimum absolute atomic E-state index is 0.0134. The predicted molar refractivity (Wildman–Crippen MR) is 75.9 cm³/mol. The first-order chi connectivity index (χ1) is 9.45. The summed E-state index contributed by atoms with van der Waals surface area (Å²) >= 11 is 0. The van der Waals surface area contributed by atoms with Crippen LogP contribution >= 0.6 is 0 Å². The lowest BCUT2D eigenvalue weighted by molar-refractivity contribution is -0.138. The van der Waals surface area contributed by atoms with Gasteiger partial charge in [-0.15, -0.1) is 0 Å². The number of ether oxygens (including phenoxy) is 1. The molecule has 0 aliphatic rings. The Morgan fingerprint density at radius 1 is 1.30 bits per heavy atom. The minimum atomic E-state index is -0.839. The monoisotopic (exact) mass is 279 g/mol. The van der Waals surface area contributed by atoms with Gasteiger partial charge in [-0.25, -0.2) is 0 Å². The highest BCUT2D eigenvalue weighted by Crippen LogP contribution is 2.20. The Labute approximate surface area is 119 Å². The number of carbonyl (C=O) groups is 2. The maximum Gasteiger partial charge on any atom is 0.303 e. The van der Waals surface area contributed by atoms with Crippen molar-refractivity contribution in [3.63, 3.8) is 0 Å². The molecule has 1 unspecified atom stereocenters. The van der Waals surface area contributed by atoms with Crippen LogP contribution in [0.2, 0.25) is 0 Å². The summed E-state index contributed by atoms with van der Waals surface area (Å²) in [6.45, 7) is 2.30. The van der Waals surface area contributed by atoms with Gasteiger partial charge in [0.2, 0.25) is 5.91 Å². The first-order valence-electron chi connectivity index (χ1n) is 6.56. The fourth-order valence-corrected chi connectivity index (χ4v) is 1.94. The minimum Gasteiger partial charge on any atom is -0.497 e. The number of likely N-dealkylation sites (N-methyl/N-ethyl adjacent to an activating group) is 1. The Kier molecular flexibility index (Phi) is 6.03. The molecule has 0 aliphatic heterocycles. The molecule has 1 atom stereocenters. The maximum atomic E-state index is 12.2. The average Bonchev–Trinajstić information content (AvgIpc) is 2.45. The molecule has 1 rings (SSSR count). The molecular weight excluding hydrogens is 258 g/mol. The molecule has 1 N–H and O–H groups in total. The number of hydrogen-bond acceptors (Lipinski definition) is 3. The normalized spacial score (nSPS) is 11.8. The summed E-state index contributed by atoms with van der Waals surface area (Å²) in [5, 5.41) is 8.59. The van der Waals surface area contributed by atoms with Crippen LogP contribution in [-0.2, 0) is 9.59 Å². The molecule has 0 fully saturated rings. The van der Waals surface area contributed by atoms with E-state index in [2.05, 4.69) is 0 Å². The zero-order chi connectivity index (χ0) is 15.1. The van der Waals surface area contributed by atoms with Gasteiger partial charge in [0.25, 0.3) is 0 Å². The standard InChI is InChI=1S/C15H21NO4/c1-11(12-6-8-13(20-3)9-7-12)15(19)16(2)10-4-5-14(17)18/h6-9,11H,4-5,10H2,1-3H3,(H,17,18). The van der Waals surface area contributed by atoms with Crippen molar-refractivity contribution in [2.75, 3.05) is 20.7 Å². The highest BCUT2D eigenvalue weighted by Gasteiger charge is 2.19. The summed E-state index contributed by atoms with van der Waals surface area (Å²) in [5.41, 5.74) is 0.917. The third kappa shape index (κ3) is 4.57. The molecule has 1 amide bonds. The molecular formula is C15H21NO4. The van der Waals surface area contributed by atoms with Crippen LogP contribution in [0.5, 0.6) is 5.75 Å². The van der Waals surface area contributed by atoms with E-state index >= 15 is 0 Å². The Bertz CT molecular complexity index is 455. The molecule has 20 heavy (non-hydrogen) atoms. The van der Waals surface area contributed by atoms with E-state index in [1.54, 1.807) is 19.1 Å². The molecule has 5 nitrogen and oxygen atoms in total. The molecule has 0 heterocycles. The van der Waals surface area contributed by atoms with Crippen molar-refractivity contribution in [3.05, 3.63) is 29.8 Å². The highest BCUT2D eigenvalue weighted by molar-refractivity contribution is 5.83. The summed E-state index contributed by atoms with van der Waals surface area (Å²) in [6.07, 6.45) is 0.543. The van der Waals surface area contributed by atoms with Gasteiger partial charge >= 0.3 is 5.97 Å². The van der Waals surface area contributed by atoms with Gasteiger partial charge in [-0.1, -0.05) is 12.1 Å². The molecule has 0 spiro atoms. The van der Waals surface area contributed by atoms with E-state index in [1.165, 1.54) is 0 Å². The first kappa shape index (κ1) is 16.0. The summed E-state index contributed by atoms with van der Waals surface area (Å²) in [6, 6.07) is 7.38. The summed E-state index contributed by atoms with van der Waals surface area (Å²) < 4.78 is 5.08. The third-order valence-electron chi connectivity index (χ3n) is 3.25. The van der Waals surface area contributed by atoms with Gasteiger partial charge in [0, 0.05) is 20.0 Å². The van der Waals surface area contributed by atoms with Gasteiger partial charge in [0.15, 0.2) is 0 Å². The molecule has 0 saturated carbocycles. The van der Waals surface area contributed by atoms with Gasteiger partial charge in [-0.2, -0.15) is 0 Å². The molecule has 0 aromatic heterocycles. The zero-order valence-electron chi connectivity index (χ0n) is 12.1. The maximum absolute atomic E-state index is 12.2. The number of benzene rings is 1. The Hall–Kier alpha value is -2.04. The average molecular weight is 279 g/mol. The Morgan fingerprint density at radius 2 is 1.90 bits per heavy atom. The largest absolute Gasteiger partial charge is 0.497 e. The third-order valence-corrected chi connectivity index (χ3v) is 3.25. The van der Waals surface area contributed by atoms with Crippen LogP contribution in [0.25, 0.3) is 0 Å². The topological polar surface area (TPSA) is 66.8 Å². The van der Waals surface area contributed by atoms with Gasteiger partial charge in [0.05, 0.1) is 13.0 Å². The van der Waals surface area contributed by atoms with E-state index in [0.29, 0.717) is 13.0 Å². The predicted octanol–water partition coefficient (Wildman–Crippen LogP) is 2.12. The van der Waals surface area contributed by atoms with Crippen LogP contribution in [0.1, 0.15) is 31.2 Å². The van der Waals surface area contributed by atoms with Crippen LogP contribution in [-0.4, -0.2) is 42.6 Å². The van der Waals surface area contributed by atoms with Crippen LogP contribution in [0.3, 0.4) is 0 Å². The molecule has 0 aliphatic carbocycles. The van der Waals surface area contributed by atoms with E-state index in [4.69, 9.17) is 9.84 Å². The van der Waals surface area contributed by atoms with Crippen LogP contribution < -0.4 is 4.74 Å². The van der Waals surface area contributed by atoms with E-state index < -0.39 is 5.97 Å². The summed E-state index contributed by atoms with van der Waals surface area (Å²) in [4.78, 5) is 24.3. The fourth-order valence-electron chi connectivity index (χ4n) is 1.94. The van der Waals surface area contributed by atoms with Crippen LogP contribution in [0.15, 0.2) is 24.3 Å². The van der Waals surface area contributed by atoms with E-state index in [9.17, 15) is 9.59 Å². The number of rotatable bonds is 7. The second kappa shape index (κ2) is 7.53. The van der Waals surface area contributed by atoms with Gasteiger partial charge in [-0.05, 0) is 31.0 Å². The van der Waals surface area contributed by atoms with Gasteiger partial charge < -0.3 is 14.7 Å². The fraction of sp³-hybridized carbons (Fsp3) is 0.467. The molecule has 1 aromatic carbocycles. The van der Waals surface area contributed by atoms with Crippen molar-refractivity contribution in [2.24, 2.45) is 0 Å². The van der Waals surface area contributed by atoms with Crippen molar-refractivity contribution in [1.82, 2.24) is 4.90 Å². The second-order valence-electron chi connectivity index (χ2n) is 4.75. The van der Waals surface area contributed by atoms with E-state index in [1.807, 2.05) is 31.2 Å². The quantitative estimate of drug-likeness (QED) is 0.830. The number of nitrogens with zero attached hydrogens (tertiary/aromatic N) is 1. The SMILES string of the molecule is COc1ccc(C(C)C(=O)N(C)CCCC(=O)O)cc1. The number of carboxylic acids is 1. The molecule has 5 heteroatoms. The summed E-state index contributed by atoms with van der Waals surface area (Å²) in [7, 11) is 3.30. The van der Waals surface area contributed by atoms with Crippen molar-refractivity contribution in [3.8, 4) is 5.75 Å². The van der Waals surface area contributed by atoms with Crippen LogP contribution in [0, 0.1) is 0 Å². The first-order valence-corrected chi connectivity index (χ1v) is 6.56. The lowest BCUT2D eigenvalue weighted by atomic mass is 9.99. The van der Waals surface area contributed by atoms with E-state index in [0.717, 1.165) is 11.3 Å². The zero-order valence-corrected chi connectivity index (χ0v) is 12.1. The highest BCUT2D eigenvalue weighted by atomic mass is 16.5. The lowest BCUT2D eigenvalue weighted by Gasteiger charge is -2.21. The van der Waals surface area contributed by atoms with Gasteiger partial charge in [0.1, 0.15) is 5.75 Å². The van der Waals surface area contributed by atoms with E-state index in [-0.39, 0.29) is 18.2 Å². The van der Waals surface area contributed by atoms with Crippen molar-refractivity contribution >= 4 is 11.9 Å². The number of carbonyl (C=O) groups excluding carboxylic acids is 1. The number of methoxy groups -OCH3 is 1. The van der Waals surface area contributed by atoms with Gasteiger partial charge in [-0.3, -0.25) is 9.59 Å². The molecule has 110 valence electrons. The number of hydrogen-bond donors (Lipinski definition) is 1. The Morgan fingerprint density at radius 3 is 2.40 bits per heavy atom. The lowest BCUT2D eigenvalue weighted by Crippen LogP contribution is -2.31. The number of aliphatic carboxylic acids is 1. The molecule has 0 radical (unpaired) electrons. The smallest absolute Gasteiger partial charge is 0.303 e.